The largest absolute Gasteiger partial charge is 0.573 e. The number of halogens is 3. The van der Waals surface area contributed by atoms with Gasteiger partial charge in [0.15, 0.2) is 0 Å². The van der Waals surface area contributed by atoms with Gasteiger partial charge in [0, 0.05) is 19.1 Å². The summed E-state index contributed by atoms with van der Waals surface area (Å²) in [4.78, 5) is 25.5. The van der Waals surface area contributed by atoms with Crippen LogP contribution >= 0.6 is 0 Å². The van der Waals surface area contributed by atoms with Crippen molar-refractivity contribution >= 4 is 11.8 Å². The Hall–Kier alpha value is -2.69. The van der Waals surface area contributed by atoms with Crippen LogP contribution in [0.4, 0.5) is 13.2 Å². The second-order valence-electron chi connectivity index (χ2n) is 5.48. The molecule has 0 spiro atoms. The van der Waals surface area contributed by atoms with Gasteiger partial charge >= 0.3 is 6.36 Å². The summed E-state index contributed by atoms with van der Waals surface area (Å²) >= 11 is 0. The Morgan fingerprint density at radius 2 is 2.04 bits per heavy atom. The molecule has 25 heavy (non-hydrogen) atoms. The fourth-order valence-corrected chi connectivity index (χ4v) is 2.64. The molecule has 1 N–H and O–H groups in total. The summed E-state index contributed by atoms with van der Waals surface area (Å²) in [6.45, 7) is 2.13. The van der Waals surface area contributed by atoms with Crippen LogP contribution in [0, 0.1) is 11.8 Å². The standard InChI is InChI=1S/C17H17F3N2O3/c1-2-6-15(23)21-12-7-5-10-22(11-12)16(24)13-8-3-4-9-14(13)25-17(18,19)20/h3-4,8-9,12H,5,7,10-11H2,1H3,(H,21,23). The van der Waals surface area contributed by atoms with Gasteiger partial charge in [-0.25, -0.2) is 0 Å². The van der Waals surface area contributed by atoms with Gasteiger partial charge in [0.25, 0.3) is 11.8 Å². The summed E-state index contributed by atoms with van der Waals surface area (Å²) in [7, 11) is 0. The van der Waals surface area contributed by atoms with Crippen LogP contribution in [0.5, 0.6) is 5.75 Å². The summed E-state index contributed by atoms with van der Waals surface area (Å²) in [5.74, 6) is 3.29. The van der Waals surface area contributed by atoms with Crippen LogP contribution in [-0.4, -0.2) is 42.2 Å². The molecule has 1 aromatic carbocycles. The highest BCUT2D eigenvalue weighted by molar-refractivity contribution is 5.97. The van der Waals surface area contributed by atoms with Crippen molar-refractivity contribution in [3.8, 4) is 17.6 Å². The second-order valence-corrected chi connectivity index (χ2v) is 5.48. The van der Waals surface area contributed by atoms with E-state index in [9.17, 15) is 22.8 Å². The zero-order valence-corrected chi connectivity index (χ0v) is 13.5. The van der Waals surface area contributed by atoms with Crippen molar-refractivity contribution in [2.24, 2.45) is 0 Å². The van der Waals surface area contributed by atoms with E-state index in [-0.39, 0.29) is 18.2 Å². The summed E-state index contributed by atoms with van der Waals surface area (Å²) < 4.78 is 41.4. The Kier molecular flexibility index (Phi) is 5.91. The van der Waals surface area contributed by atoms with E-state index in [1.165, 1.54) is 30.0 Å². The van der Waals surface area contributed by atoms with E-state index in [2.05, 4.69) is 21.9 Å². The number of hydrogen-bond acceptors (Lipinski definition) is 3. The van der Waals surface area contributed by atoms with E-state index in [4.69, 9.17) is 0 Å². The molecule has 0 bridgehead atoms. The number of benzene rings is 1. The van der Waals surface area contributed by atoms with Gasteiger partial charge in [0.2, 0.25) is 0 Å². The second kappa shape index (κ2) is 7.92. The third-order valence-corrected chi connectivity index (χ3v) is 3.63. The number of amides is 2. The number of likely N-dealkylation sites (tertiary alicyclic amines) is 1. The fraction of sp³-hybridized carbons (Fsp3) is 0.412. The predicted octanol–water partition coefficient (Wildman–Crippen LogP) is 2.33. The van der Waals surface area contributed by atoms with Crippen molar-refractivity contribution in [1.29, 1.82) is 0 Å². The number of nitrogens with zero attached hydrogens (tertiary/aromatic N) is 1. The fourth-order valence-electron chi connectivity index (χ4n) is 2.64. The number of carbonyl (C=O) groups excluding carboxylic acids is 2. The number of ether oxygens (including phenoxy) is 1. The molecule has 8 heteroatoms. The molecule has 0 aliphatic carbocycles. The van der Waals surface area contributed by atoms with Crippen molar-refractivity contribution in [3.05, 3.63) is 29.8 Å². The number of para-hydroxylation sites is 1. The molecule has 2 amide bonds. The lowest BCUT2D eigenvalue weighted by Gasteiger charge is -2.33. The molecule has 0 saturated carbocycles. The number of nitrogens with one attached hydrogen (secondary N) is 1. The Balaban J connectivity index is 2.12. The molecule has 5 nitrogen and oxygen atoms in total. The molecule has 0 radical (unpaired) electrons. The first-order valence-corrected chi connectivity index (χ1v) is 7.67. The number of rotatable bonds is 3. The monoisotopic (exact) mass is 354 g/mol. The van der Waals surface area contributed by atoms with Crippen LogP contribution < -0.4 is 10.1 Å². The third-order valence-electron chi connectivity index (χ3n) is 3.63. The summed E-state index contributed by atoms with van der Waals surface area (Å²) in [6, 6.07) is 4.92. The van der Waals surface area contributed by atoms with Crippen LogP contribution in [-0.2, 0) is 4.79 Å². The van der Waals surface area contributed by atoms with Crippen molar-refractivity contribution in [2.45, 2.75) is 32.2 Å². The van der Waals surface area contributed by atoms with Crippen LogP contribution in [0.25, 0.3) is 0 Å². The molecule has 1 fully saturated rings. The highest BCUT2D eigenvalue weighted by Gasteiger charge is 2.34. The first-order chi connectivity index (χ1) is 11.8. The van der Waals surface area contributed by atoms with Crippen molar-refractivity contribution in [1.82, 2.24) is 10.2 Å². The molecule has 2 rings (SSSR count). The zero-order valence-electron chi connectivity index (χ0n) is 13.5. The average Bonchev–Trinajstić information content (AvgIpc) is 2.53. The van der Waals surface area contributed by atoms with E-state index < -0.39 is 23.9 Å². The molecule has 0 aromatic heterocycles. The molecule has 1 saturated heterocycles. The number of alkyl halides is 3. The van der Waals surface area contributed by atoms with Gasteiger partial charge in [-0.1, -0.05) is 18.1 Å². The van der Waals surface area contributed by atoms with Crippen molar-refractivity contribution in [2.75, 3.05) is 13.1 Å². The molecule has 1 heterocycles. The third kappa shape index (κ3) is 5.41. The van der Waals surface area contributed by atoms with Crippen molar-refractivity contribution < 1.29 is 27.5 Å². The number of hydrogen-bond donors (Lipinski definition) is 1. The van der Waals surface area contributed by atoms with E-state index in [0.717, 1.165) is 6.07 Å². The van der Waals surface area contributed by atoms with Gasteiger partial charge in [-0.2, -0.15) is 0 Å². The molecule has 134 valence electrons. The number of carbonyl (C=O) groups is 2. The predicted molar refractivity (Wildman–Crippen MR) is 83.6 cm³/mol. The van der Waals surface area contributed by atoms with Gasteiger partial charge < -0.3 is 15.0 Å². The van der Waals surface area contributed by atoms with Crippen LogP contribution in [0.3, 0.4) is 0 Å². The molecule has 1 aromatic rings. The SMILES string of the molecule is CC#CC(=O)NC1CCCN(C(=O)c2ccccc2OC(F)(F)F)C1. The maximum Gasteiger partial charge on any atom is 0.573 e. The zero-order chi connectivity index (χ0) is 18.4. The lowest BCUT2D eigenvalue weighted by Crippen LogP contribution is -2.49. The Morgan fingerprint density at radius 1 is 1.32 bits per heavy atom. The lowest BCUT2D eigenvalue weighted by molar-refractivity contribution is -0.274. The van der Waals surface area contributed by atoms with Crippen LogP contribution in [0.1, 0.15) is 30.1 Å². The van der Waals surface area contributed by atoms with E-state index in [1.54, 1.807) is 0 Å². The minimum atomic E-state index is -4.88. The normalized spacial score (nSPS) is 17.3. The van der Waals surface area contributed by atoms with Gasteiger partial charge in [0.1, 0.15) is 5.75 Å². The van der Waals surface area contributed by atoms with Crippen molar-refractivity contribution in [3.63, 3.8) is 0 Å². The van der Waals surface area contributed by atoms with E-state index in [0.29, 0.717) is 19.4 Å². The minimum Gasteiger partial charge on any atom is -0.405 e. The molecule has 1 aliphatic heterocycles. The quantitative estimate of drug-likeness (QED) is 0.848. The van der Waals surface area contributed by atoms with E-state index in [1.807, 2.05) is 0 Å². The summed E-state index contributed by atoms with van der Waals surface area (Å²) in [5.41, 5.74) is -0.167. The molecule has 1 aliphatic rings. The van der Waals surface area contributed by atoms with Gasteiger partial charge in [-0.15, -0.1) is 13.2 Å². The molecule has 1 unspecified atom stereocenters. The van der Waals surface area contributed by atoms with Gasteiger partial charge in [0.05, 0.1) is 5.56 Å². The lowest BCUT2D eigenvalue weighted by atomic mass is 10.0. The molecule has 1 atom stereocenters. The van der Waals surface area contributed by atoms with E-state index >= 15 is 0 Å². The summed E-state index contributed by atoms with van der Waals surface area (Å²) in [5, 5.41) is 2.69. The Bertz CT molecular complexity index is 707. The Morgan fingerprint density at radius 3 is 2.72 bits per heavy atom. The average molecular weight is 354 g/mol. The maximum absolute atomic E-state index is 12.6. The first-order valence-electron chi connectivity index (χ1n) is 7.67. The highest BCUT2D eigenvalue weighted by Crippen LogP contribution is 2.27. The highest BCUT2D eigenvalue weighted by atomic mass is 19.4. The van der Waals surface area contributed by atoms with Gasteiger partial charge in [-0.05, 0) is 37.8 Å². The topological polar surface area (TPSA) is 58.6 Å². The number of piperidine rings is 1. The Labute approximate surface area is 143 Å². The molecular formula is C17H17F3N2O3. The van der Waals surface area contributed by atoms with Crippen LogP contribution in [0.2, 0.25) is 0 Å². The summed E-state index contributed by atoms with van der Waals surface area (Å²) in [6.07, 6.45) is -3.59. The molecular weight excluding hydrogens is 337 g/mol. The smallest absolute Gasteiger partial charge is 0.405 e. The van der Waals surface area contributed by atoms with Gasteiger partial charge in [-0.3, -0.25) is 9.59 Å². The first kappa shape index (κ1) is 18.6. The minimum absolute atomic E-state index is 0.167. The van der Waals surface area contributed by atoms with Crippen LogP contribution in [0.15, 0.2) is 24.3 Å². The maximum atomic E-state index is 12.6.